The Hall–Kier alpha value is -1.45. The Balaban J connectivity index is 2.33. The Morgan fingerprint density at radius 3 is 2.75 bits per heavy atom. The monoisotopic (exact) mass is 220 g/mol. The zero-order valence-corrected chi connectivity index (χ0v) is 9.60. The van der Waals surface area contributed by atoms with Gasteiger partial charge in [-0.2, -0.15) is 0 Å². The molecule has 0 bridgehead atoms. The molecule has 2 rings (SSSR count). The van der Waals surface area contributed by atoms with E-state index in [-0.39, 0.29) is 12.3 Å². The summed E-state index contributed by atoms with van der Waals surface area (Å²) in [6.07, 6.45) is 3.97. The zero-order chi connectivity index (χ0) is 11.7. The van der Waals surface area contributed by atoms with Crippen LogP contribution in [0.2, 0.25) is 0 Å². The lowest BCUT2D eigenvalue weighted by Gasteiger charge is -2.09. The molecular formula is C12H16N2O2. The third-order valence-corrected chi connectivity index (χ3v) is 2.74. The summed E-state index contributed by atoms with van der Waals surface area (Å²) in [5.74, 6) is 0.755. The minimum atomic E-state index is -0.817. The SMILES string of the molecule is CC(C)c1ncc(CC(=O)O)c(C2CC2)n1. The first-order valence-corrected chi connectivity index (χ1v) is 5.65. The molecule has 1 fully saturated rings. The van der Waals surface area contributed by atoms with Crippen LogP contribution in [0.3, 0.4) is 0 Å². The summed E-state index contributed by atoms with van der Waals surface area (Å²) in [5.41, 5.74) is 1.74. The molecule has 4 nitrogen and oxygen atoms in total. The van der Waals surface area contributed by atoms with Crippen molar-refractivity contribution >= 4 is 5.97 Å². The summed E-state index contributed by atoms with van der Waals surface area (Å²) in [5, 5.41) is 8.82. The molecule has 0 aliphatic heterocycles. The molecule has 0 spiro atoms. The summed E-state index contributed by atoms with van der Waals surface area (Å²) < 4.78 is 0. The van der Waals surface area contributed by atoms with E-state index >= 15 is 0 Å². The van der Waals surface area contributed by atoms with Crippen LogP contribution in [0.25, 0.3) is 0 Å². The third-order valence-electron chi connectivity index (χ3n) is 2.74. The normalized spacial score (nSPS) is 15.4. The number of carboxylic acid groups (broad SMARTS) is 1. The van der Waals surface area contributed by atoms with E-state index in [9.17, 15) is 4.79 Å². The van der Waals surface area contributed by atoms with Crippen LogP contribution in [-0.4, -0.2) is 21.0 Å². The molecule has 1 aromatic heterocycles. The van der Waals surface area contributed by atoms with E-state index in [0.717, 1.165) is 29.9 Å². The molecule has 1 N–H and O–H groups in total. The molecule has 86 valence electrons. The van der Waals surface area contributed by atoms with Gasteiger partial charge in [-0.05, 0) is 12.8 Å². The standard InChI is InChI=1S/C12H16N2O2/c1-7(2)12-13-6-9(5-10(15)16)11(14-12)8-3-4-8/h6-8H,3-5H2,1-2H3,(H,15,16). The van der Waals surface area contributed by atoms with Gasteiger partial charge in [0.15, 0.2) is 0 Å². The molecule has 0 atom stereocenters. The van der Waals surface area contributed by atoms with Gasteiger partial charge in [0.25, 0.3) is 0 Å². The largest absolute Gasteiger partial charge is 0.481 e. The van der Waals surface area contributed by atoms with Gasteiger partial charge in [-0.25, -0.2) is 9.97 Å². The van der Waals surface area contributed by atoms with Crippen LogP contribution in [0.5, 0.6) is 0 Å². The number of aliphatic carboxylic acids is 1. The second-order valence-electron chi connectivity index (χ2n) is 4.64. The van der Waals surface area contributed by atoms with Gasteiger partial charge in [-0.3, -0.25) is 4.79 Å². The van der Waals surface area contributed by atoms with Crippen LogP contribution in [-0.2, 0) is 11.2 Å². The molecule has 4 heteroatoms. The summed E-state index contributed by atoms with van der Waals surface area (Å²) >= 11 is 0. The predicted molar refractivity (Wildman–Crippen MR) is 59.4 cm³/mol. The highest BCUT2D eigenvalue weighted by molar-refractivity contribution is 5.70. The van der Waals surface area contributed by atoms with E-state index in [2.05, 4.69) is 9.97 Å². The van der Waals surface area contributed by atoms with Gasteiger partial charge >= 0.3 is 5.97 Å². The lowest BCUT2D eigenvalue weighted by Crippen LogP contribution is -2.09. The van der Waals surface area contributed by atoms with Gasteiger partial charge in [0.1, 0.15) is 5.82 Å². The van der Waals surface area contributed by atoms with Crippen LogP contribution in [0, 0.1) is 0 Å². The van der Waals surface area contributed by atoms with E-state index in [1.807, 2.05) is 13.8 Å². The molecule has 1 heterocycles. The topological polar surface area (TPSA) is 63.1 Å². The van der Waals surface area contributed by atoms with Gasteiger partial charge in [-0.1, -0.05) is 13.8 Å². The second kappa shape index (κ2) is 4.20. The lowest BCUT2D eigenvalue weighted by molar-refractivity contribution is -0.136. The van der Waals surface area contributed by atoms with E-state index in [1.54, 1.807) is 6.20 Å². The molecule has 1 saturated carbocycles. The van der Waals surface area contributed by atoms with Gasteiger partial charge in [0.05, 0.1) is 12.1 Å². The van der Waals surface area contributed by atoms with Crippen molar-refractivity contribution < 1.29 is 9.90 Å². The van der Waals surface area contributed by atoms with Crippen molar-refractivity contribution in [2.45, 2.75) is 44.9 Å². The first-order valence-electron chi connectivity index (χ1n) is 5.65. The minimum Gasteiger partial charge on any atom is -0.481 e. The molecule has 0 radical (unpaired) electrons. The fourth-order valence-corrected chi connectivity index (χ4v) is 1.72. The van der Waals surface area contributed by atoms with Crippen molar-refractivity contribution in [3.8, 4) is 0 Å². The number of carbonyl (C=O) groups is 1. The Bertz CT molecular complexity index is 411. The van der Waals surface area contributed by atoms with Crippen LogP contribution in [0.15, 0.2) is 6.20 Å². The van der Waals surface area contributed by atoms with Gasteiger partial charge in [0, 0.05) is 23.6 Å². The lowest BCUT2D eigenvalue weighted by atomic mass is 10.1. The molecule has 1 aromatic rings. The molecule has 1 aliphatic carbocycles. The molecule has 0 aromatic carbocycles. The van der Waals surface area contributed by atoms with Crippen molar-refractivity contribution in [3.63, 3.8) is 0 Å². The molecule has 0 saturated heterocycles. The van der Waals surface area contributed by atoms with Crippen molar-refractivity contribution in [2.75, 3.05) is 0 Å². The van der Waals surface area contributed by atoms with Crippen LogP contribution >= 0.6 is 0 Å². The first-order chi connectivity index (χ1) is 7.58. The Labute approximate surface area is 94.7 Å². The quantitative estimate of drug-likeness (QED) is 0.844. The van der Waals surface area contributed by atoms with Crippen LogP contribution in [0.1, 0.15) is 55.6 Å². The molecule has 0 amide bonds. The number of hydrogen-bond donors (Lipinski definition) is 1. The molecule has 16 heavy (non-hydrogen) atoms. The fraction of sp³-hybridized carbons (Fsp3) is 0.583. The Morgan fingerprint density at radius 1 is 1.56 bits per heavy atom. The Morgan fingerprint density at radius 2 is 2.25 bits per heavy atom. The highest BCUT2D eigenvalue weighted by Crippen LogP contribution is 2.40. The predicted octanol–water partition coefficient (Wildman–Crippen LogP) is 2.10. The summed E-state index contributed by atoms with van der Waals surface area (Å²) in [4.78, 5) is 19.5. The van der Waals surface area contributed by atoms with Gasteiger partial charge in [0.2, 0.25) is 0 Å². The number of hydrogen-bond acceptors (Lipinski definition) is 3. The maximum absolute atomic E-state index is 10.7. The minimum absolute atomic E-state index is 0.0320. The molecule has 0 unspecified atom stereocenters. The van der Waals surface area contributed by atoms with Crippen LogP contribution < -0.4 is 0 Å². The Kier molecular flexibility index (Phi) is 2.90. The van der Waals surface area contributed by atoms with Crippen LogP contribution in [0.4, 0.5) is 0 Å². The van der Waals surface area contributed by atoms with Crippen molar-refractivity contribution in [3.05, 3.63) is 23.3 Å². The summed E-state index contributed by atoms with van der Waals surface area (Å²) in [6, 6.07) is 0. The van der Waals surface area contributed by atoms with E-state index in [0.29, 0.717) is 5.92 Å². The maximum atomic E-state index is 10.7. The van der Waals surface area contributed by atoms with Crippen molar-refractivity contribution in [2.24, 2.45) is 0 Å². The van der Waals surface area contributed by atoms with E-state index in [1.165, 1.54) is 0 Å². The van der Waals surface area contributed by atoms with Gasteiger partial charge in [-0.15, -0.1) is 0 Å². The third kappa shape index (κ3) is 2.38. The average Bonchev–Trinajstić information content (AvgIpc) is 3.00. The highest BCUT2D eigenvalue weighted by Gasteiger charge is 2.29. The number of rotatable bonds is 4. The van der Waals surface area contributed by atoms with Crippen molar-refractivity contribution in [1.29, 1.82) is 0 Å². The van der Waals surface area contributed by atoms with E-state index < -0.39 is 5.97 Å². The number of aromatic nitrogens is 2. The average molecular weight is 220 g/mol. The smallest absolute Gasteiger partial charge is 0.307 e. The maximum Gasteiger partial charge on any atom is 0.307 e. The van der Waals surface area contributed by atoms with E-state index in [4.69, 9.17) is 5.11 Å². The second-order valence-corrected chi connectivity index (χ2v) is 4.64. The molecular weight excluding hydrogens is 204 g/mol. The van der Waals surface area contributed by atoms with Crippen molar-refractivity contribution in [1.82, 2.24) is 9.97 Å². The fourth-order valence-electron chi connectivity index (χ4n) is 1.72. The number of carboxylic acids is 1. The summed E-state index contributed by atoms with van der Waals surface area (Å²) in [7, 11) is 0. The highest BCUT2D eigenvalue weighted by atomic mass is 16.4. The molecule has 1 aliphatic rings. The first kappa shape index (κ1) is 11.0. The number of nitrogens with zero attached hydrogens (tertiary/aromatic N) is 2. The summed E-state index contributed by atoms with van der Waals surface area (Å²) in [6.45, 7) is 4.09. The zero-order valence-electron chi connectivity index (χ0n) is 9.60. The van der Waals surface area contributed by atoms with Gasteiger partial charge < -0.3 is 5.11 Å².